The Morgan fingerprint density at radius 3 is 2.89 bits per heavy atom. The second kappa shape index (κ2) is 7.95. The molecule has 1 unspecified atom stereocenters. The van der Waals surface area contributed by atoms with Gasteiger partial charge in [0.05, 0.1) is 16.0 Å². The van der Waals surface area contributed by atoms with Crippen LogP contribution in [0, 0.1) is 5.92 Å². The largest absolute Gasteiger partial charge is 0.355 e. The monoisotopic (exact) mass is 322 g/mol. The predicted octanol–water partition coefficient (Wildman–Crippen LogP) is 2.68. The molecule has 0 aliphatic carbocycles. The highest BCUT2D eigenvalue weighted by molar-refractivity contribution is 6.42. The van der Waals surface area contributed by atoms with Crippen molar-refractivity contribution in [1.82, 2.24) is 10.6 Å². The molecule has 2 N–H and O–H groups in total. The van der Waals surface area contributed by atoms with Crippen molar-refractivity contribution < 1.29 is 4.79 Å². The lowest BCUT2D eigenvalue weighted by atomic mass is 10.1. The van der Waals surface area contributed by atoms with E-state index in [1.165, 1.54) is 0 Å². The molecule has 1 amide bonds. The minimum absolute atomic E-state index is 0. The van der Waals surface area contributed by atoms with Gasteiger partial charge in [-0.25, -0.2) is 0 Å². The van der Waals surface area contributed by atoms with E-state index in [1.807, 2.05) is 12.1 Å². The van der Waals surface area contributed by atoms with Crippen molar-refractivity contribution in [1.29, 1.82) is 0 Å². The van der Waals surface area contributed by atoms with Crippen molar-refractivity contribution in [3.05, 3.63) is 33.8 Å². The number of carbonyl (C=O) groups excluding carboxylic acids is 1. The highest BCUT2D eigenvalue weighted by Gasteiger charge is 2.21. The van der Waals surface area contributed by atoms with E-state index in [2.05, 4.69) is 10.6 Å². The van der Waals surface area contributed by atoms with E-state index < -0.39 is 0 Å². The van der Waals surface area contributed by atoms with Gasteiger partial charge in [0.25, 0.3) is 0 Å². The van der Waals surface area contributed by atoms with Gasteiger partial charge in [-0.2, -0.15) is 0 Å². The Kier molecular flexibility index (Phi) is 6.94. The molecule has 1 atom stereocenters. The summed E-state index contributed by atoms with van der Waals surface area (Å²) in [5.41, 5.74) is 0.967. The Morgan fingerprint density at radius 1 is 1.42 bits per heavy atom. The molecule has 0 aromatic heterocycles. The normalized spacial score (nSPS) is 17.9. The first-order valence-corrected chi connectivity index (χ1v) is 6.85. The average molecular weight is 324 g/mol. The highest BCUT2D eigenvalue weighted by atomic mass is 35.5. The fourth-order valence-electron chi connectivity index (χ4n) is 2.08. The first kappa shape index (κ1) is 16.6. The third kappa shape index (κ3) is 4.53. The lowest BCUT2D eigenvalue weighted by molar-refractivity contribution is -0.124. The van der Waals surface area contributed by atoms with Crippen molar-refractivity contribution in [2.24, 2.45) is 5.92 Å². The Balaban J connectivity index is 0.00000180. The molecule has 1 aromatic rings. The average Bonchev–Trinajstić information content (AvgIpc) is 2.88. The number of hydrogen-bond donors (Lipinski definition) is 2. The summed E-state index contributed by atoms with van der Waals surface area (Å²) in [6, 6.07) is 5.56. The van der Waals surface area contributed by atoms with E-state index in [-0.39, 0.29) is 24.2 Å². The van der Waals surface area contributed by atoms with Gasteiger partial charge >= 0.3 is 0 Å². The topological polar surface area (TPSA) is 41.1 Å². The molecular formula is C13H17Cl3N2O. The van der Waals surface area contributed by atoms with E-state index in [0.717, 1.165) is 25.1 Å². The summed E-state index contributed by atoms with van der Waals surface area (Å²) in [5, 5.41) is 7.25. The Bertz CT molecular complexity index is 434. The van der Waals surface area contributed by atoms with Crippen LogP contribution in [0.15, 0.2) is 18.2 Å². The number of rotatable bonds is 4. The van der Waals surface area contributed by atoms with Crippen LogP contribution in [0.4, 0.5) is 0 Å². The van der Waals surface area contributed by atoms with E-state index in [1.54, 1.807) is 6.07 Å². The molecule has 1 heterocycles. The summed E-state index contributed by atoms with van der Waals surface area (Å²) < 4.78 is 0. The molecule has 1 fully saturated rings. The van der Waals surface area contributed by atoms with Crippen molar-refractivity contribution in [3.8, 4) is 0 Å². The van der Waals surface area contributed by atoms with Crippen LogP contribution < -0.4 is 10.6 Å². The standard InChI is InChI=1S/C13H16Cl2N2O.ClH/c14-11-3-1-2-9(12(11)15)5-7-17-13(18)10-4-6-16-8-10;/h1-3,10,16H,4-8H2,(H,17,18);1H. The van der Waals surface area contributed by atoms with Crippen LogP contribution >= 0.6 is 35.6 Å². The molecule has 2 rings (SSSR count). The van der Waals surface area contributed by atoms with Gasteiger partial charge in [-0.05, 0) is 31.0 Å². The fourth-order valence-corrected chi connectivity index (χ4v) is 2.50. The van der Waals surface area contributed by atoms with E-state index in [4.69, 9.17) is 23.2 Å². The molecule has 3 nitrogen and oxygen atoms in total. The number of amides is 1. The Labute approximate surface area is 129 Å². The summed E-state index contributed by atoms with van der Waals surface area (Å²) >= 11 is 12.0. The van der Waals surface area contributed by atoms with Crippen molar-refractivity contribution >= 4 is 41.5 Å². The van der Waals surface area contributed by atoms with Gasteiger partial charge in [0.15, 0.2) is 0 Å². The smallest absolute Gasteiger partial charge is 0.224 e. The number of benzene rings is 1. The summed E-state index contributed by atoms with van der Waals surface area (Å²) in [7, 11) is 0. The minimum Gasteiger partial charge on any atom is -0.355 e. The molecule has 106 valence electrons. The second-order valence-electron chi connectivity index (χ2n) is 4.44. The lowest BCUT2D eigenvalue weighted by Gasteiger charge is -2.10. The summed E-state index contributed by atoms with van der Waals surface area (Å²) in [6.07, 6.45) is 1.62. The highest BCUT2D eigenvalue weighted by Crippen LogP contribution is 2.25. The molecule has 0 bridgehead atoms. The fraction of sp³-hybridized carbons (Fsp3) is 0.462. The first-order chi connectivity index (χ1) is 8.68. The quantitative estimate of drug-likeness (QED) is 0.894. The third-order valence-corrected chi connectivity index (χ3v) is 4.01. The van der Waals surface area contributed by atoms with Crippen LogP contribution in [0.25, 0.3) is 0 Å². The van der Waals surface area contributed by atoms with Crippen LogP contribution in [-0.4, -0.2) is 25.5 Å². The van der Waals surface area contributed by atoms with Crippen LogP contribution in [0.2, 0.25) is 10.0 Å². The number of hydrogen-bond acceptors (Lipinski definition) is 2. The minimum atomic E-state index is 0. The molecular weight excluding hydrogens is 307 g/mol. The maximum Gasteiger partial charge on any atom is 0.224 e. The van der Waals surface area contributed by atoms with E-state index in [9.17, 15) is 4.79 Å². The van der Waals surface area contributed by atoms with Gasteiger partial charge in [0.2, 0.25) is 5.91 Å². The number of nitrogens with one attached hydrogen (secondary N) is 2. The summed E-state index contributed by atoms with van der Waals surface area (Å²) in [6.45, 7) is 2.30. The van der Waals surface area contributed by atoms with Gasteiger partial charge in [-0.15, -0.1) is 12.4 Å². The van der Waals surface area contributed by atoms with E-state index in [0.29, 0.717) is 23.0 Å². The van der Waals surface area contributed by atoms with Gasteiger partial charge < -0.3 is 10.6 Å². The van der Waals surface area contributed by atoms with Crippen LogP contribution in [0.3, 0.4) is 0 Å². The molecule has 0 saturated carbocycles. The SMILES string of the molecule is Cl.O=C(NCCc1cccc(Cl)c1Cl)C1CCNC1. The van der Waals surface area contributed by atoms with Crippen molar-refractivity contribution in [2.75, 3.05) is 19.6 Å². The molecule has 1 saturated heterocycles. The van der Waals surface area contributed by atoms with Gasteiger partial charge in [0.1, 0.15) is 0 Å². The predicted molar refractivity (Wildman–Crippen MR) is 81.4 cm³/mol. The molecule has 19 heavy (non-hydrogen) atoms. The summed E-state index contributed by atoms with van der Waals surface area (Å²) in [4.78, 5) is 11.8. The summed E-state index contributed by atoms with van der Waals surface area (Å²) in [5.74, 6) is 0.234. The second-order valence-corrected chi connectivity index (χ2v) is 5.23. The van der Waals surface area contributed by atoms with Gasteiger partial charge in [-0.1, -0.05) is 35.3 Å². The molecule has 0 spiro atoms. The van der Waals surface area contributed by atoms with Crippen LogP contribution in [-0.2, 0) is 11.2 Å². The lowest BCUT2D eigenvalue weighted by Crippen LogP contribution is -2.33. The van der Waals surface area contributed by atoms with Crippen molar-refractivity contribution in [3.63, 3.8) is 0 Å². The van der Waals surface area contributed by atoms with Crippen LogP contribution in [0.5, 0.6) is 0 Å². The third-order valence-electron chi connectivity index (χ3n) is 3.16. The zero-order valence-electron chi connectivity index (χ0n) is 10.4. The Morgan fingerprint density at radius 2 is 2.21 bits per heavy atom. The van der Waals surface area contributed by atoms with Gasteiger partial charge in [-0.3, -0.25) is 4.79 Å². The van der Waals surface area contributed by atoms with Crippen LogP contribution in [0.1, 0.15) is 12.0 Å². The molecule has 6 heteroatoms. The molecule has 1 aromatic carbocycles. The zero-order valence-corrected chi connectivity index (χ0v) is 12.7. The molecule has 1 aliphatic heterocycles. The first-order valence-electron chi connectivity index (χ1n) is 6.10. The molecule has 1 aliphatic rings. The van der Waals surface area contributed by atoms with Gasteiger partial charge in [0, 0.05) is 13.1 Å². The number of carbonyl (C=O) groups is 1. The zero-order chi connectivity index (χ0) is 13.0. The number of halogens is 3. The maximum absolute atomic E-state index is 11.8. The Hall–Kier alpha value is -0.480. The van der Waals surface area contributed by atoms with Crippen molar-refractivity contribution in [2.45, 2.75) is 12.8 Å². The van der Waals surface area contributed by atoms with E-state index >= 15 is 0 Å². The molecule has 0 radical (unpaired) electrons. The maximum atomic E-state index is 11.8.